The first kappa shape index (κ1) is 9.94. The van der Waals surface area contributed by atoms with Crippen molar-refractivity contribution in [1.82, 2.24) is 0 Å². The number of aryl methyl sites for hydroxylation is 1. The van der Waals surface area contributed by atoms with Crippen LogP contribution in [0.25, 0.3) is 16.2 Å². The van der Waals surface area contributed by atoms with Crippen molar-refractivity contribution in [3.05, 3.63) is 39.2 Å². The fourth-order valence-corrected chi connectivity index (χ4v) is 3.58. The van der Waals surface area contributed by atoms with Gasteiger partial charge in [-0.3, -0.25) is 0 Å². The molecule has 0 aliphatic heterocycles. The summed E-state index contributed by atoms with van der Waals surface area (Å²) >= 11 is 5.44. The van der Waals surface area contributed by atoms with Crippen molar-refractivity contribution in [3.63, 3.8) is 0 Å². The maximum atomic E-state index is 3.59. The van der Waals surface area contributed by atoms with E-state index in [1.807, 2.05) is 11.3 Å². The van der Waals surface area contributed by atoms with Gasteiger partial charge in [-0.15, -0.1) is 11.3 Å². The molecule has 14 heavy (non-hydrogen) atoms. The summed E-state index contributed by atoms with van der Waals surface area (Å²) in [6.45, 7) is 4.23. The second-order valence-corrected chi connectivity index (χ2v) is 5.14. The van der Waals surface area contributed by atoms with Gasteiger partial charge >= 0.3 is 0 Å². The largest absolute Gasteiger partial charge is 0.136 e. The average molecular weight is 267 g/mol. The minimum Gasteiger partial charge on any atom is -0.136 e. The average Bonchev–Trinajstić information content (AvgIpc) is 2.46. The summed E-state index contributed by atoms with van der Waals surface area (Å²) in [6.07, 6.45) is 4.26. The Morgan fingerprint density at radius 2 is 2.14 bits per heavy atom. The van der Waals surface area contributed by atoms with Crippen molar-refractivity contribution in [2.24, 2.45) is 0 Å². The minimum atomic E-state index is 1.19. The van der Waals surface area contributed by atoms with Crippen LogP contribution in [-0.2, 0) is 0 Å². The normalized spacial score (nSPS) is 11.6. The van der Waals surface area contributed by atoms with Crippen LogP contribution in [0.1, 0.15) is 17.4 Å². The highest BCUT2D eigenvalue weighted by Gasteiger charge is 2.07. The first-order chi connectivity index (χ1) is 6.74. The highest BCUT2D eigenvalue weighted by atomic mass is 79.9. The maximum Gasteiger partial charge on any atom is 0.0363 e. The third-order valence-corrected chi connectivity index (χ3v) is 4.14. The molecule has 1 aromatic carbocycles. The third-order valence-electron chi connectivity index (χ3n) is 2.26. The fourth-order valence-electron chi connectivity index (χ4n) is 1.58. The summed E-state index contributed by atoms with van der Waals surface area (Å²) in [6, 6.07) is 6.36. The highest BCUT2D eigenvalue weighted by molar-refractivity contribution is 9.10. The zero-order chi connectivity index (χ0) is 10.1. The smallest absolute Gasteiger partial charge is 0.0363 e. The lowest BCUT2D eigenvalue weighted by Gasteiger charge is -1.95. The van der Waals surface area contributed by atoms with Crippen molar-refractivity contribution >= 4 is 43.4 Å². The van der Waals surface area contributed by atoms with Crippen LogP contribution in [0.2, 0.25) is 0 Å². The van der Waals surface area contributed by atoms with Gasteiger partial charge in [-0.1, -0.05) is 28.1 Å². The summed E-state index contributed by atoms with van der Waals surface area (Å²) in [5, 5.41) is 1.35. The molecule has 0 fully saturated rings. The molecule has 2 aromatic rings. The van der Waals surface area contributed by atoms with E-state index in [1.165, 1.54) is 25.0 Å². The van der Waals surface area contributed by atoms with Gasteiger partial charge in [0.25, 0.3) is 0 Å². The van der Waals surface area contributed by atoms with Crippen LogP contribution in [0.4, 0.5) is 0 Å². The highest BCUT2D eigenvalue weighted by Crippen LogP contribution is 2.36. The van der Waals surface area contributed by atoms with E-state index in [4.69, 9.17) is 0 Å². The number of fused-ring (bicyclic) bond motifs is 1. The van der Waals surface area contributed by atoms with Gasteiger partial charge in [-0.25, -0.2) is 0 Å². The van der Waals surface area contributed by atoms with E-state index in [2.05, 4.69) is 60.1 Å². The molecule has 0 saturated carbocycles. The van der Waals surface area contributed by atoms with Gasteiger partial charge in [0.15, 0.2) is 0 Å². The van der Waals surface area contributed by atoms with Crippen LogP contribution in [0.15, 0.2) is 28.7 Å². The second kappa shape index (κ2) is 3.87. The molecule has 0 N–H and O–H groups in total. The van der Waals surface area contributed by atoms with E-state index in [1.54, 1.807) is 0 Å². The lowest BCUT2D eigenvalue weighted by Crippen LogP contribution is -1.72. The molecule has 2 heteroatoms. The molecule has 1 aromatic heterocycles. The van der Waals surface area contributed by atoms with Crippen molar-refractivity contribution in [3.8, 4) is 0 Å². The minimum absolute atomic E-state index is 1.19. The van der Waals surface area contributed by atoms with Gasteiger partial charge in [0.2, 0.25) is 0 Å². The summed E-state index contributed by atoms with van der Waals surface area (Å²) in [7, 11) is 0. The third kappa shape index (κ3) is 1.53. The monoisotopic (exact) mass is 266 g/mol. The van der Waals surface area contributed by atoms with E-state index < -0.39 is 0 Å². The fraction of sp³-hybridized carbons (Fsp3) is 0.167. The molecule has 72 valence electrons. The Morgan fingerprint density at radius 1 is 1.36 bits per heavy atom. The number of rotatable bonds is 1. The van der Waals surface area contributed by atoms with Gasteiger partial charge in [-0.05, 0) is 37.6 Å². The molecule has 0 amide bonds. The van der Waals surface area contributed by atoms with Crippen LogP contribution in [0.3, 0.4) is 0 Å². The Hall–Kier alpha value is -0.600. The van der Waals surface area contributed by atoms with Gasteiger partial charge in [0, 0.05) is 19.4 Å². The van der Waals surface area contributed by atoms with Gasteiger partial charge in [0.1, 0.15) is 0 Å². The molecular formula is C12H11BrS. The van der Waals surface area contributed by atoms with Gasteiger partial charge in [-0.2, -0.15) is 0 Å². The maximum absolute atomic E-state index is 3.59. The zero-order valence-electron chi connectivity index (χ0n) is 8.17. The molecule has 0 radical (unpaired) electrons. The summed E-state index contributed by atoms with van der Waals surface area (Å²) < 4.78 is 2.55. The zero-order valence-corrected chi connectivity index (χ0v) is 10.6. The molecule has 0 atom stereocenters. The van der Waals surface area contributed by atoms with Crippen molar-refractivity contribution in [1.29, 1.82) is 0 Å². The first-order valence-electron chi connectivity index (χ1n) is 4.54. The van der Waals surface area contributed by atoms with E-state index >= 15 is 0 Å². The van der Waals surface area contributed by atoms with E-state index in [0.717, 1.165) is 0 Å². The molecule has 0 saturated heterocycles. The number of hydrogen-bond donors (Lipinski definition) is 0. The molecule has 0 bridgehead atoms. The SMILES string of the molecule is C/C=C\c1sc2cccc(Br)c2c1C. The predicted molar refractivity (Wildman–Crippen MR) is 69.0 cm³/mol. The Labute approximate surface area is 96.4 Å². The Morgan fingerprint density at radius 3 is 2.79 bits per heavy atom. The Balaban J connectivity index is 2.80. The van der Waals surface area contributed by atoms with E-state index in [9.17, 15) is 0 Å². The molecule has 0 aliphatic rings. The predicted octanol–water partition coefficient (Wildman–Crippen LogP) is 5.01. The molecule has 2 rings (SSSR count). The first-order valence-corrected chi connectivity index (χ1v) is 6.15. The molecule has 0 nitrogen and oxygen atoms in total. The number of halogens is 1. The van der Waals surface area contributed by atoms with Crippen LogP contribution >= 0.6 is 27.3 Å². The van der Waals surface area contributed by atoms with E-state index in [0.29, 0.717) is 0 Å². The number of allylic oxidation sites excluding steroid dienone is 1. The molecule has 0 spiro atoms. The number of benzene rings is 1. The summed E-state index contributed by atoms with van der Waals surface area (Å²) in [5.74, 6) is 0. The van der Waals surface area contributed by atoms with Gasteiger partial charge in [0.05, 0.1) is 0 Å². The van der Waals surface area contributed by atoms with Crippen molar-refractivity contribution in [2.75, 3.05) is 0 Å². The second-order valence-electron chi connectivity index (χ2n) is 3.20. The molecule has 0 aliphatic carbocycles. The van der Waals surface area contributed by atoms with Crippen LogP contribution in [0, 0.1) is 6.92 Å². The number of thiophene rings is 1. The molecular weight excluding hydrogens is 256 g/mol. The topological polar surface area (TPSA) is 0 Å². The molecule has 1 heterocycles. The van der Waals surface area contributed by atoms with Crippen molar-refractivity contribution < 1.29 is 0 Å². The van der Waals surface area contributed by atoms with Crippen LogP contribution < -0.4 is 0 Å². The standard InChI is InChI=1S/C12H11BrS/c1-3-5-10-8(2)12-9(13)6-4-7-11(12)14-10/h3-7H,1-2H3/b5-3-. The Bertz CT molecular complexity index is 494. The van der Waals surface area contributed by atoms with Crippen LogP contribution in [-0.4, -0.2) is 0 Å². The van der Waals surface area contributed by atoms with Crippen LogP contribution in [0.5, 0.6) is 0 Å². The van der Waals surface area contributed by atoms with E-state index in [-0.39, 0.29) is 0 Å². The number of hydrogen-bond acceptors (Lipinski definition) is 1. The van der Waals surface area contributed by atoms with Gasteiger partial charge < -0.3 is 0 Å². The quantitative estimate of drug-likeness (QED) is 0.681. The summed E-state index contributed by atoms with van der Waals surface area (Å²) in [5.41, 5.74) is 1.37. The lowest BCUT2D eigenvalue weighted by atomic mass is 10.1. The lowest BCUT2D eigenvalue weighted by molar-refractivity contribution is 1.56. The van der Waals surface area contributed by atoms with Crippen molar-refractivity contribution in [2.45, 2.75) is 13.8 Å². The Kier molecular flexibility index (Phi) is 2.75. The molecule has 0 unspecified atom stereocenters. The summed E-state index contributed by atoms with van der Waals surface area (Å²) in [4.78, 5) is 1.36.